The zero-order valence-electron chi connectivity index (χ0n) is 4.82. The van der Waals surface area contributed by atoms with Crippen molar-refractivity contribution in [3.63, 3.8) is 0 Å². The van der Waals surface area contributed by atoms with Crippen molar-refractivity contribution in [1.82, 2.24) is 0 Å². The van der Waals surface area contributed by atoms with E-state index in [0.29, 0.717) is 0 Å². The maximum Gasteiger partial charge on any atom is 0.166 e. The summed E-state index contributed by atoms with van der Waals surface area (Å²) in [5.41, 5.74) is 0. The van der Waals surface area contributed by atoms with Crippen molar-refractivity contribution in [2.24, 2.45) is 0 Å². The third-order valence-corrected chi connectivity index (χ3v) is 0.908. The van der Waals surface area contributed by atoms with E-state index in [0.717, 1.165) is 12.8 Å². The Labute approximate surface area is 63.6 Å². The summed E-state index contributed by atoms with van der Waals surface area (Å²) in [6, 6.07) is 0. The van der Waals surface area contributed by atoms with Gasteiger partial charge in [-0.3, -0.25) is 0 Å². The molecule has 0 fully saturated rings. The molecule has 0 radical (unpaired) electrons. The molecule has 0 saturated heterocycles. The monoisotopic (exact) mass is 224 g/mol. The van der Waals surface area contributed by atoms with Crippen LogP contribution in [0, 0.1) is 11.8 Å². The predicted octanol–water partition coefficient (Wildman–Crippen LogP) is 1.54. The van der Waals surface area contributed by atoms with Gasteiger partial charge in [0.15, 0.2) is 4.11 Å². The standard InChI is InChI=1S/C6H9IO/c1-2-3-4-5-6(7)8/h6,8H,2-3H2,1H3. The van der Waals surface area contributed by atoms with Crippen LogP contribution in [-0.2, 0) is 0 Å². The molecule has 0 saturated carbocycles. The van der Waals surface area contributed by atoms with Crippen LogP contribution in [0.2, 0.25) is 0 Å². The van der Waals surface area contributed by atoms with E-state index >= 15 is 0 Å². The molecule has 0 aromatic rings. The normalized spacial score (nSPS) is 11.9. The van der Waals surface area contributed by atoms with Crippen molar-refractivity contribution < 1.29 is 5.11 Å². The van der Waals surface area contributed by atoms with E-state index in [9.17, 15) is 0 Å². The SMILES string of the molecule is CCCC#CC(O)I. The molecule has 0 rings (SSSR count). The second kappa shape index (κ2) is 5.39. The van der Waals surface area contributed by atoms with Gasteiger partial charge in [-0.05, 0) is 29.0 Å². The van der Waals surface area contributed by atoms with Crippen LogP contribution in [0.4, 0.5) is 0 Å². The first kappa shape index (κ1) is 8.25. The van der Waals surface area contributed by atoms with E-state index in [4.69, 9.17) is 5.11 Å². The summed E-state index contributed by atoms with van der Waals surface area (Å²) in [5, 5.41) is 8.59. The van der Waals surface area contributed by atoms with Gasteiger partial charge < -0.3 is 5.11 Å². The molecule has 0 aliphatic rings. The Kier molecular flexibility index (Phi) is 5.56. The molecule has 1 unspecified atom stereocenters. The van der Waals surface area contributed by atoms with Crippen LogP contribution in [0.25, 0.3) is 0 Å². The first-order chi connectivity index (χ1) is 3.77. The Hall–Kier alpha value is 0.250. The van der Waals surface area contributed by atoms with Crippen molar-refractivity contribution in [3.05, 3.63) is 0 Å². The Morgan fingerprint density at radius 3 is 2.75 bits per heavy atom. The molecule has 2 heteroatoms. The molecule has 1 nitrogen and oxygen atoms in total. The molecule has 8 heavy (non-hydrogen) atoms. The highest BCUT2D eigenvalue weighted by Crippen LogP contribution is 1.91. The Morgan fingerprint density at radius 1 is 1.75 bits per heavy atom. The Bertz CT molecular complexity index is 98.8. The number of aliphatic hydroxyl groups excluding tert-OH is 1. The summed E-state index contributed by atoms with van der Waals surface area (Å²) in [5.74, 6) is 5.47. The van der Waals surface area contributed by atoms with Crippen molar-refractivity contribution in [3.8, 4) is 11.8 Å². The van der Waals surface area contributed by atoms with E-state index < -0.39 is 4.11 Å². The van der Waals surface area contributed by atoms with Crippen molar-refractivity contribution in [1.29, 1.82) is 0 Å². The Balaban J connectivity index is 3.20. The number of hydrogen-bond donors (Lipinski definition) is 1. The summed E-state index contributed by atoms with van der Waals surface area (Å²) < 4.78 is -0.487. The summed E-state index contributed by atoms with van der Waals surface area (Å²) in [6.07, 6.45) is 1.95. The number of aliphatic hydroxyl groups is 1. The van der Waals surface area contributed by atoms with Crippen LogP contribution in [0.1, 0.15) is 19.8 Å². The van der Waals surface area contributed by atoms with Gasteiger partial charge in [-0.1, -0.05) is 18.8 Å². The minimum atomic E-state index is -0.487. The first-order valence-corrected chi connectivity index (χ1v) is 3.82. The predicted molar refractivity (Wildman–Crippen MR) is 42.7 cm³/mol. The summed E-state index contributed by atoms with van der Waals surface area (Å²) in [4.78, 5) is 0. The third-order valence-electron chi connectivity index (χ3n) is 0.596. The molecule has 1 N–H and O–H groups in total. The fourth-order valence-corrected chi connectivity index (χ4v) is 0.502. The molecule has 1 atom stereocenters. The zero-order chi connectivity index (χ0) is 6.41. The number of halogens is 1. The van der Waals surface area contributed by atoms with E-state index in [1.807, 2.05) is 22.6 Å². The van der Waals surface area contributed by atoms with Crippen LogP contribution in [0.3, 0.4) is 0 Å². The topological polar surface area (TPSA) is 20.2 Å². The van der Waals surface area contributed by atoms with E-state index in [1.165, 1.54) is 0 Å². The molecule has 0 bridgehead atoms. The van der Waals surface area contributed by atoms with Crippen LogP contribution >= 0.6 is 22.6 Å². The minimum Gasteiger partial charge on any atom is -0.371 e. The van der Waals surface area contributed by atoms with Gasteiger partial charge in [-0.2, -0.15) is 0 Å². The van der Waals surface area contributed by atoms with E-state index in [1.54, 1.807) is 0 Å². The second-order valence-electron chi connectivity index (χ2n) is 1.41. The summed E-state index contributed by atoms with van der Waals surface area (Å²) in [7, 11) is 0. The quantitative estimate of drug-likeness (QED) is 0.407. The fraction of sp³-hybridized carbons (Fsp3) is 0.667. The van der Waals surface area contributed by atoms with Crippen molar-refractivity contribution >= 4 is 22.6 Å². The summed E-state index contributed by atoms with van der Waals surface area (Å²) in [6.45, 7) is 2.06. The highest BCUT2D eigenvalue weighted by atomic mass is 127. The molecule has 0 aromatic heterocycles. The molecule has 0 heterocycles. The fourth-order valence-electron chi connectivity index (χ4n) is 0.281. The molecule has 0 aliphatic carbocycles. The lowest BCUT2D eigenvalue weighted by atomic mass is 10.3. The van der Waals surface area contributed by atoms with Crippen molar-refractivity contribution in [2.75, 3.05) is 0 Å². The number of rotatable bonds is 1. The number of alkyl halides is 1. The maximum atomic E-state index is 8.59. The molecule has 0 aromatic carbocycles. The minimum absolute atomic E-state index is 0.487. The average molecular weight is 224 g/mol. The highest BCUT2D eigenvalue weighted by Gasteiger charge is 1.82. The second-order valence-corrected chi connectivity index (χ2v) is 2.59. The van der Waals surface area contributed by atoms with Crippen LogP contribution < -0.4 is 0 Å². The van der Waals surface area contributed by atoms with E-state index in [-0.39, 0.29) is 0 Å². The zero-order valence-corrected chi connectivity index (χ0v) is 6.97. The molecular formula is C6H9IO. The molecule has 46 valence electrons. The molecule has 0 amide bonds. The summed E-state index contributed by atoms with van der Waals surface area (Å²) >= 11 is 1.86. The van der Waals surface area contributed by atoms with Gasteiger partial charge in [-0.15, -0.1) is 0 Å². The lowest BCUT2D eigenvalue weighted by Crippen LogP contribution is -1.85. The van der Waals surface area contributed by atoms with Gasteiger partial charge in [0.05, 0.1) is 0 Å². The van der Waals surface area contributed by atoms with Gasteiger partial charge in [-0.25, -0.2) is 0 Å². The molecule has 0 aliphatic heterocycles. The smallest absolute Gasteiger partial charge is 0.166 e. The van der Waals surface area contributed by atoms with Crippen LogP contribution in [0.5, 0.6) is 0 Å². The van der Waals surface area contributed by atoms with Gasteiger partial charge in [0, 0.05) is 6.42 Å². The maximum absolute atomic E-state index is 8.59. The number of hydrogen-bond acceptors (Lipinski definition) is 1. The van der Waals surface area contributed by atoms with Gasteiger partial charge in [0.1, 0.15) is 0 Å². The molecular weight excluding hydrogens is 215 g/mol. The van der Waals surface area contributed by atoms with Crippen molar-refractivity contribution in [2.45, 2.75) is 23.9 Å². The third kappa shape index (κ3) is 6.25. The highest BCUT2D eigenvalue weighted by molar-refractivity contribution is 14.1. The van der Waals surface area contributed by atoms with Gasteiger partial charge >= 0.3 is 0 Å². The Morgan fingerprint density at radius 2 is 2.38 bits per heavy atom. The van der Waals surface area contributed by atoms with Crippen LogP contribution in [0.15, 0.2) is 0 Å². The van der Waals surface area contributed by atoms with Crippen LogP contribution in [-0.4, -0.2) is 9.22 Å². The van der Waals surface area contributed by atoms with Gasteiger partial charge in [0.2, 0.25) is 0 Å². The van der Waals surface area contributed by atoms with Gasteiger partial charge in [0.25, 0.3) is 0 Å². The largest absolute Gasteiger partial charge is 0.371 e. The van der Waals surface area contributed by atoms with E-state index in [2.05, 4.69) is 18.8 Å². The lowest BCUT2D eigenvalue weighted by Gasteiger charge is -1.83. The average Bonchev–Trinajstić information content (AvgIpc) is 1.66. The lowest BCUT2D eigenvalue weighted by molar-refractivity contribution is 0.333. The first-order valence-electron chi connectivity index (χ1n) is 2.58. The number of unbranched alkanes of at least 4 members (excludes halogenated alkanes) is 1. The molecule has 0 spiro atoms.